The van der Waals surface area contributed by atoms with E-state index in [9.17, 15) is 18.0 Å². The maximum absolute atomic E-state index is 12.7. The van der Waals surface area contributed by atoms with Crippen LogP contribution in [0, 0.1) is 0 Å². The maximum Gasteiger partial charge on any atom is 0.390 e. The molecule has 0 saturated carbocycles. The molecule has 0 saturated heterocycles. The topological polar surface area (TPSA) is 39.0 Å². The summed E-state index contributed by atoms with van der Waals surface area (Å²) in [6.07, 6.45) is -5.18. The summed E-state index contributed by atoms with van der Waals surface area (Å²) >= 11 is 0. The summed E-state index contributed by atoms with van der Waals surface area (Å²) in [5.74, 6) is 0. The van der Waals surface area contributed by atoms with E-state index in [0.717, 1.165) is 0 Å². The van der Waals surface area contributed by atoms with Gasteiger partial charge < -0.3 is 5.32 Å². The summed E-state index contributed by atoms with van der Waals surface area (Å²) in [5.41, 5.74) is 1.67. The van der Waals surface area contributed by atoms with Crippen LogP contribution in [0.2, 0.25) is 0 Å². The van der Waals surface area contributed by atoms with Gasteiger partial charge in [0.25, 0.3) is 0 Å². The first-order valence-corrected chi connectivity index (χ1v) is 6.70. The Morgan fingerprint density at radius 3 is 2.38 bits per heavy atom. The van der Waals surface area contributed by atoms with Crippen molar-refractivity contribution in [3.63, 3.8) is 0 Å². The van der Waals surface area contributed by atoms with Crippen LogP contribution in [0.3, 0.4) is 0 Å². The van der Waals surface area contributed by atoms with Gasteiger partial charge in [0.05, 0.1) is 17.5 Å². The highest BCUT2D eigenvalue weighted by molar-refractivity contribution is 5.77. The molecule has 7 heteroatoms. The van der Waals surface area contributed by atoms with Crippen LogP contribution in [0.4, 0.5) is 13.2 Å². The number of nitrogens with zero attached hydrogens (tertiary/aromatic N) is 2. The molecule has 0 aliphatic heterocycles. The molecule has 1 heterocycles. The lowest BCUT2D eigenvalue weighted by Gasteiger charge is -2.20. The van der Waals surface area contributed by atoms with Crippen molar-refractivity contribution in [2.75, 3.05) is 6.54 Å². The van der Waals surface area contributed by atoms with Crippen molar-refractivity contribution in [2.45, 2.75) is 25.6 Å². The molecule has 0 fully saturated rings. The monoisotopic (exact) mass is 301 g/mol. The van der Waals surface area contributed by atoms with Crippen LogP contribution in [-0.4, -0.2) is 21.9 Å². The molecule has 0 aliphatic rings. The summed E-state index contributed by atoms with van der Waals surface area (Å²) in [6, 6.07) is 4.17. The zero-order chi connectivity index (χ0) is 15.8. The number of rotatable bonds is 4. The van der Waals surface area contributed by atoms with Crippen LogP contribution in [0.1, 0.15) is 24.9 Å². The Bertz CT molecular complexity index is 700. The Balaban J connectivity index is 2.49. The van der Waals surface area contributed by atoms with Gasteiger partial charge in [-0.05, 0) is 24.2 Å². The third-order valence-electron chi connectivity index (χ3n) is 3.58. The number of aryl methyl sites for hydroxylation is 2. The lowest BCUT2D eigenvalue weighted by atomic mass is 10.0. The standard InChI is InChI=1S/C14H18F3N3O/c1-4-18-10(8-14(15,16)17)9-5-6-11-12(7-9)20(3)13(21)19(11)2/h5-7,10,18H,4,8H2,1-3H3. The largest absolute Gasteiger partial charge is 0.390 e. The molecule has 21 heavy (non-hydrogen) atoms. The zero-order valence-corrected chi connectivity index (χ0v) is 12.2. The molecular weight excluding hydrogens is 283 g/mol. The summed E-state index contributed by atoms with van der Waals surface area (Å²) in [4.78, 5) is 11.9. The van der Waals surface area contributed by atoms with Crippen molar-refractivity contribution in [2.24, 2.45) is 14.1 Å². The minimum absolute atomic E-state index is 0.196. The second-order valence-electron chi connectivity index (χ2n) is 5.08. The predicted molar refractivity (Wildman–Crippen MR) is 75.2 cm³/mol. The van der Waals surface area contributed by atoms with E-state index in [0.29, 0.717) is 23.1 Å². The first kappa shape index (κ1) is 15.6. The molecule has 1 atom stereocenters. The number of fused-ring (bicyclic) bond motifs is 1. The van der Waals surface area contributed by atoms with Crippen molar-refractivity contribution in [1.29, 1.82) is 0 Å². The summed E-state index contributed by atoms with van der Waals surface area (Å²) in [6.45, 7) is 2.20. The number of hydrogen-bond donors (Lipinski definition) is 1. The van der Waals surface area contributed by atoms with Gasteiger partial charge in [0, 0.05) is 20.1 Å². The Hall–Kier alpha value is -1.76. The van der Waals surface area contributed by atoms with Crippen molar-refractivity contribution >= 4 is 11.0 Å². The quantitative estimate of drug-likeness (QED) is 0.942. The minimum Gasteiger partial charge on any atom is -0.310 e. The molecule has 0 amide bonds. The van der Waals surface area contributed by atoms with Gasteiger partial charge in [-0.2, -0.15) is 13.2 Å². The molecule has 0 aliphatic carbocycles. The molecule has 4 nitrogen and oxygen atoms in total. The average molecular weight is 301 g/mol. The Kier molecular flexibility index (Phi) is 4.13. The van der Waals surface area contributed by atoms with Crippen molar-refractivity contribution < 1.29 is 13.2 Å². The molecule has 1 unspecified atom stereocenters. The Morgan fingerprint density at radius 1 is 1.19 bits per heavy atom. The highest BCUT2D eigenvalue weighted by atomic mass is 19.4. The van der Waals surface area contributed by atoms with E-state index < -0.39 is 18.6 Å². The number of halogens is 3. The van der Waals surface area contributed by atoms with Gasteiger partial charge in [0.1, 0.15) is 0 Å². The lowest BCUT2D eigenvalue weighted by Crippen LogP contribution is -2.26. The fraction of sp³-hybridized carbons (Fsp3) is 0.500. The molecule has 2 rings (SSSR count). The van der Waals surface area contributed by atoms with Crippen molar-refractivity contribution in [3.8, 4) is 0 Å². The van der Waals surface area contributed by atoms with E-state index in [4.69, 9.17) is 0 Å². The second kappa shape index (κ2) is 5.55. The number of aromatic nitrogens is 2. The number of hydrogen-bond acceptors (Lipinski definition) is 2. The summed E-state index contributed by atoms with van der Waals surface area (Å²) in [7, 11) is 3.25. The van der Waals surface area contributed by atoms with Gasteiger partial charge in [-0.1, -0.05) is 13.0 Å². The second-order valence-corrected chi connectivity index (χ2v) is 5.08. The maximum atomic E-state index is 12.7. The molecule has 1 aromatic carbocycles. The summed E-state index contributed by atoms with van der Waals surface area (Å²) < 4.78 is 40.9. The number of alkyl halides is 3. The fourth-order valence-electron chi connectivity index (χ4n) is 2.53. The van der Waals surface area contributed by atoms with E-state index in [-0.39, 0.29) is 5.69 Å². The van der Waals surface area contributed by atoms with Crippen LogP contribution >= 0.6 is 0 Å². The molecule has 116 valence electrons. The Morgan fingerprint density at radius 2 is 1.81 bits per heavy atom. The molecular formula is C14H18F3N3O. The molecule has 0 radical (unpaired) electrons. The van der Waals surface area contributed by atoms with Gasteiger partial charge >= 0.3 is 11.9 Å². The normalized spacial score (nSPS) is 13.8. The van der Waals surface area contributed by atoms with Crippen molar-refractivity contribution in [1.82, 2.24) is 14.5 Å². The first-order chi connectivity index (χ1) is 9.74. The van der Waals surface area contributed by atoms with Gasteiger partial charge in [-0.3, -0.25) is 9.13 Å². The third-order valence-corrected chi connectivity index (χ3v) is 3.58. The smallest absolute Gasteiger partial charge is 0.310 e. The van der Waals surface area contributed by atoms with E-state index in [2.05, 4.69) is 5.32 Å². The van der Waals surface area contributed by atoms with E-state index in [1.54, 1.807) is 39.2 Å². The Labute approximate surface area is 120 Å². The number of benzene rings is 1. The van der Waals surface area contributed by atoms with Crippen LogP contribution < -0.4 is 11.0 Å². The highest BCUT2D eigenvalue weighted by Gasteiger charge is 2.32. The van der Waals surface area contributed by atoms with Gasteiger partial charge in [0.2, 0.25) is 0 Å². The van der Waals surface area contributed by atoms with Crippen LogP contribution in [-0.2, 0) is 14.1 Å². The van der Waals surface area contributed by atoms with Crippen LogP contribution in [0.25, 0.3) is 11.0 Å². The van der Waals surface area contributed by atoms with E-state index in [1.807, 2.05) is 0 Å². The molecule has 2 aromatic rings. The molecule has 0 bridgehead atoms. The van der Waals surface area contributed by atoms with Gasteiger partial charge in [0.15, 0.2) is 0 Å². The molecule has 1 aromatic heterocycles. The predicted octanol–water partition coefficient (Wildman–Crippen LogP) is 2.48. The molecule has 0 spiro atoms. The van der Waals surface area contributed by atoms with Crippen LogP contribution in [0.5, 0.6) is 0 Å². The van der Waals surface area contributed by atoms with E-state index in [1.165, 1.54) is 9.13 Å². The van der Waals surface area contributed by atoms with Gasteiger partial charge in [-0.25, -0.2) is 4.79 Å². The fourth-order valence-corrected chi connectivity index (χ4v) is 2.53. The van der Waals surface area contributed by atoms with Crippen LogP contribution in [0.15, 0.2) is 23.0 Å². The SMILES string of the molecule is CCNC(CC(F)(F)F)c1ccc2c(c1)n(C)c(=O)n2C. The van der Waals surface area contributed by atoms with Crippen molar-refractivity contribution in [3.05, 3.63) is 34.2 Å². The zero-order valence-electron chi connectivity index (χ0n) is 12.2. The van der Waals surface area contributed by atoms with Gasteiger partial charge in [-0.15, -0.1) is 0 Å². The van der Waals surface area contributed by atoms with E-state index >= 15 is 0 Å². The average Bonchev–Trinajstić information content (AvgIpc) is 2.62. The highest BCUT2D eigenvalue weighted by Crippen LogP contribution is 2.30. The lowest BCUT2D eigenvalue weighted by molar-refractivity contribution is -0.140. The first-order valence-electron chi connectivity index (χ1n) is 6.70. The number of imidazole rings is 1. The number of nitrogens with one attached hydrogen (secondary N) is 1. The summed E-state index contributed by atoms with van der Waals surface area (Å²) in [5, 5.41) is 2.85. The minimum atomic E-state index is -4.25. The molecule has 1 N–H and O–H groups in total. The third kappa shape index (κ3) is 3.12.